The number of methoxy groups -OCH3 is 1. The highest BCUT2D eigenvalue weighted by Crippen LogP contribution is 2.22. The lowest BCUT2D eigenvalue weighted by Gasteiger charge is -2.10. The molecule has 30 heavy (non-hydrogen) atoms. The van der Waals surface area contributed by atoms with Gasteiger partial charge in [0.25, 0.3) is 15.9 Å². The minimum Gasteiger partial charge on any atom is -0.465 e. The minimum absolute atomic E-state index is 0.121. The van der Waals surface area contributed by atoms with E-state index in [2.05, 4.69) is 20.0 Å². The predicted octanol–water partition coefficient (Wildman–Crippen LogP) is 3.10. The second-order valence-electron chi connectivity index (χ2n) is 5.90. The molecule has 0 aliphatic heterocycles. The summed E-state index contributed by atoms with van der Waals surface area (Å²) >= 11 is 1.08. The van der Waals surface area contributed by atoms with Crippen molar-refractivity contribution in [3.8, 4) is 0 Å². The molecule has 2 N–H and O–H groups in total. The van der Waals surface area contributed by atoms with Crippen LogP contribution in [0.5, 0.6) is 0 Å². The predicted molar refractivity (Wildman–Crippen MR) is 114 cm³/mol. The molecule has 0 saturated heterocycles. The maximum atomic E-state index is 12.5. The van der Waals surface area contributed by atoms with E-state index >= 15 is 0 Å². The van der Waals surface area contributed by atoms with Crippen molar-refractivity contribution >= 4 is 45.1 Å². The summed E-state index contributed by atoms with van der Waals surface area (Å²) in [5.74, 6) is -1.03. The molecule has 1 heterocycles. The zero-order chi connectivity index (χ0) is 21.6. The number of nitrogens with zero attached hydrogens (tertiary/aromatic N) is 1. The Morgan fingerprint density at radius 3 is 2.43 bits per heavy atom. The third-order valence-corrected chi connectivity index (χ3v) is 6.65. The van der Waals surface area contributed by atoms with Crippen molar-refractivity contribution in [3.05, 3.63) is 82.7 Å². The maximum absolute atomic E-state index is 12.5. The first-order valence-corrected chi connectivity index (χ1v) is 10.9. The smallest absolute Gasteiger partial charge is 0.337 e. The highest BCUT2D eigenvalue weighted by molar-refractivity contribution is 7.94. The van der Waals surface area contributed by atoms with E-state index in [1.54, 1.807) is 47.8 Å². The number of amides is 1. The van der Waals surface area contributed by atoms with Crippen LogP contribution < -0.4 is 10.1 Å². The molecule has 1 amide bonds. The largest absolute Gasteiger partial charge is 0.465 e. The van der Waals surface area contributed by atoms with E-state index in [-0.39, 0.29) is 15.5 Å². The van der Waals surface area contributed by atoms with Gasteiger partial charge in [-0.15, -0.1) is 11.3 Å². The van der Waals surface area contributed by atoms with Crippen LogP contribution in [0.2, 0.25) is 0 Å². The highest BCUT2D eigenvalue weighted by Gasteiger charge is 2.19. The molecule has 8 nitrogen and oxygen atoms in total. The van der Waals surface area contributed by atoms with Gasteiger partial charge in [0.05, 0.1) is 30.1 Å². The second kappa shape index (κ2) is 9.33. The van der Waals surface area contributed by atoms with Gasteiger partial charge in [0.15, 0.2) is 0 Å². The van der Waals surface area contributed by atoms with Gasteiger partial charge in [0.2, 0.25) is 0 Å². The molecular weight excluding hydrogens is 426 g/mol. The Labute approximate surface area is 177 Å². The lowest BCUT2D eigenvalue weighted by Crippen LogP contribution is -2.21. The van der Waals surface area contributed by atoms with Crippen molar-refractivity contribution in [2.24, 2.45) is 5.10 Å². The summed E-state index contributed by atoms with van der Waals surface area (Å²) in [6, 6.07) is 15.8. The molecule has 0 spiro atoms. The number of benzene rings is 2. The summed E-state index contributed by atoms with van der Waals surface area (Å²) in [5.41, 5.74) is 3.67. The number of rotatable bonds is 7. The first-order chi connectivity index (χ1) is 14.4. The monoisotopic (exact) mass is 443 g/mol. The van der Waals surface area contributed by atoms with Crippen molar-refractivity contribution < 1.29 is 22.7 Å². The van der Waals surface area contributed by atoms with Gasteiger partial charge in [0.1, 0.15) is 4.21 Å². The van der Waals surface area contributed by atoms with E-state index in [0.717, 1.165) is 11.3 Å². The molecule has 0 unspecified atom stereocenters. The highest BCUT2D eigenvalue weighted by atomic mass is 32.2. The SMILES string of the molecule is COC(=O)c1ccc(/C=N/NC(=O)c2ccccc2NS(=O)(=O)c2cccs2)cc1. The van der Waals surface area contributed by atoms with Crippen molar-refractivity contribution in [2.45, 2.75) is 4.21 Å². The lowest BCUT2D eigenvalue weighted by molar-refractivity contribution is 0.0600. The molecule has 2 aromatic carbocycles. The number of carbonyl (C=O) groups is 2. The van der Waals surface area contributed by atoms with Gasteiger partial charge in [-0.05, 0) is 41.3 Å². The molecule has 1 aromatic heterocycles. The number of hydrazone groups is 1. The first kappa shape index (κ1) is 21.2. The number of esters is 1. The van der Waals surface area contributed by atoms with Crippen LogP contribution in [0.3, 0.4) is 0 Å². The molecule has 0 aliphatic rings. The molecular formula is C20H17N3O5S2. The summed E-state index contributed by atoms with van der Waals surface area (Å²) < 4.78 is 32.1. The van der Waals surface area contributed by atoms with Crippen LogP contribution in [0.1, 0.15) is 26.3 Å². The summed E-state index contributed by atoms with van der Waals surface area (Å²) in [6.45, 7) is 0. The standard InChI is InChI=1S/C20H17N3O5S2/c1-28-20(25)15-10-8-14(9-11-15)13-21-22-19(24)16-5-2-3-6-17(16)23-30(26,27)18-7-4-12-29-18/h2-13,23H,1H3,(H,22,24)/b21-13+. The Kier molecular flexibility index (Phi) is 6.60. The Balaban J connectivity index is 1.70. The number of thiophene rings is 1. The van der Waals surface area contributed by atoms with Crippen LogP contribution >= 0.6 is 11.3 Å². The number of ether oxygens (including phenoxy) is 1. The topological polar surface area (TPSA) is 114 Å². The van der Waals surface area contributed by atoms with E-state index in [1.165, 1.54) is 31.5 Å². The molecule has 154 valence electrons. The van der Waals surface area contributed by atoms with E-state index < -0.39 is 21.9 Å². The Morgan fingerprint density at radius 1 is 1.03 bits per heavy atom. The number of hydrogen-bond acceptors (Lipinski definition) is 7. The molecule has 0 aliphatic carbocycles. The number of sulfonamides is 1. The summed E-state index contributed by atoms with van der Waals surface area (Å²) in [5, 5.41) is 5.54. The van der Waals surface area contributed by atoms with Crippen LogP contribution in [0.15, 0.2) is 75.4 Å². The zero-order valence-corrected chi connectivity index (χ0v) is 17.4. The van der Waals surface area contributed by atoms with Crippen molar-refractivity contribution in [2.75, 3.05) is 11.8 Å². The average molecular weight is 444 g/mol. The van der Waals surface area contributed by atoms with Gasteiger partial charge >= 0.3 is 5.97 Å². The van der Waals surface area contributed by atoms with E-state index in [9.17, 15) is 18.0 Å². The molecule has 0 fully saturated rings. The number of para-hydroxylation sites is 1. The van der Waals surface area contributed by atoms with E-state index in [0.29, 0.717) is 11.1 Å². The van der Waals surface area contributed by atoms with Gasteiger partial charge < -0.3 is 4.74 Å². The fraction of sp³-hybridized carbons (Fsp3) is 0.0500. The van der Waals surface area contributed by atoms with E-state index in [4.69, 9.17) is 0 Å². The average Bonchev–Trinajstić information content (AvgIpc) is 3.30. The summed E-state index contributed by atoms with van der Waals surface area (Å²) in [6.07, 6.45) is 1.40. The quantitative estimate of drug-likeness (QED) is 0.331. The molecule has 0 bridgehead atoms. The lowest BCUT2D eigenvalue weighted by atomic mass is 10.1. The first-order valence-electron chi connectivity index (χ1n) is 8.58. The molecule has 3 aromatic rings. The van der Waals surface area contributed by atoms with Crippen LogP contribution in [0.25, 0.3) is 0 Å². The number of nitrogens with one attached hydrogen (secondary N) is 2. The number of anilines is 1. The van der Waals surface area contributed by atoms with Gasteiger partial charge in [-0.2, -0.15) is 5.10 Å². The Bertz CT molecular complexity index is 1170. The Hall–Kier alpha value is -3.50. The second-order valence-corrected chi connectivity index (χ2v) is 8.75. The van der Waals surface area contributed by atoms with Crippen LogP contribution in [-0.2, 0) is 14.8 Å². The summed E-state index contributed by atoms with van der Waals surface area (Å²) in [7, 11) is -2.49. The maximum Gasteiger partial charge on any atom is 0.337 e. The fourth-order valence-corrected chi connectivity index (χ4v) is 4.50. The van der Waals surface area contributed by atoms with E-state index in [1.807, 2.05) is 0 Å². The summed E-state index contributed by atoms with van der Waals surface area (Å²) in [4.78, 5) is 23.9. The molecule has 0 saturated carbocycles. The Morgan fingerprint density at radius 2 is 1.77 bits per heavy atom. The third kappa shape index (κ3) is 5.10. The third-order valence-electron chi connectivity index (χ3n) is 3.89. The zero-order valence-electron chi connectivity index (χ0n) is 15.7. The van der Waals surface area contributed by atoms with Crippen LogP contribution in [0.4, 0.5) is 5.69 Å². The molecule has 0 radical (unpaired) electrons. The normalized spacial score (nSPS) is 11.2. The van der Waals surface area contributed by atoms with Crippen molar-refractivity contribution in [3.63, 3.8) is 0 Å². The number of carbonyl (C=O) groups excluding carboxylic acids is 2. The molecule has 3 rings (SSSR count). The van der Waals surface area contributed by atoms with Gasteiger partial charge in [0, 0.05) is 0 Å². The fourth-order valence-electron chi connectivity index (χ4n) is 2.43. The number of hydrogen-bond donors (Lipinski definition) is 2. The van der Waals surface area contributed by atoms with Crippen molar-refractivity contribution in [1.82, 2.24) is 5.43 Å². The molecule has 0 atom stereocenters. The van der Waals surface area contributed by atoms with Crippen LogP contribution in [-0.4, -0.2) is 33.6 Å². The molecule has 10 heteroatoms. The van der Waals surface area contributed by atoms with Gasteiger partial charge in [-0.25, -0.2) is 18.6 Å². The minimum atomic E-state index is -3.79. The van der Waals surface area contributed by atoms with Crippen molar-refractivity contribution in [1.29, 1.82) is 0 Å². The van der Waals surface area contributed by atoms with Gasteiger partial charge in [-0.1, -0.05) is 30.3 Å². The van der Waals surface area contributed by atoms with Crippen LogP contribution in [0, 0.1) is 0 Å². The van der Waals surface area contributed by atoms with Gasteiger partial charge in [-0.3, -0.25) is 9.52 Å².